The highest BCUT2D eigenvalue weighted by Gasteiger charge is 2.38. The van der Waals surface area contributed by atoms with Gasteiger partial charge in [0.25, 0.3) is 0 Å². The molecular formula is C14H16N2O2. The number of carbonyl (C=O) groups is 2. The number of nitrogens with one attached hydrogen (secondary N) is 1. The molecule has 4 nitrogen and oxygen atoms in total. The van der Waals surface area contributed by atoms with Gasteiger partial charge in [0.05, 0.1) is 11.4 Å². The maximum absolute atomic E-state index is 12.4. The lowest BCUT2D eigenvalue weighted by molar-refractivity contribution is -0.120. The van der Waals surface area contributed by atoms with Gasteiger partial charge in [-0.2, -0.15) is 0 Å². The number of nitrogens with zero attached hydrogens (tertiary/aromatic N) is 1. The third-order valence-corrected chi connectivity index (χ3v) is 3.52. The molecule has 1 aromatic rings. The molecule has 0 aromatic heterocycles. The molecule has 1 heterocycles. The first-order chi connectivity index (χ1) is 8.66. The summed E-state index contributed by atoms with van der Waals surface area (Å²) in [6.07, 6.45) is 2.31. The van der Waals surface area contributed by atoms with Gasteiger partial charge in [-0.05, 0) is 31.9 Å². The van der Waals surface area contributed by atoms with E-state index < -0.39 is 0 Å². The number of fused-ring (bicyclic) bond motifs is 1. The number of para-hydroxylation sites is 2. The first-order valence-corrected chi connectivity index (χ1v) is 6.39. The fraction of sp³-hybridized carbons (Fsp3) is 0.429. The van der Waals surface area contributed by atoms with Crippen LogP contribution >= 0.6 is 0 Å². The van der Waals surface area contributed by atoms with E-state index in [1.165, 1.54) is 0 Å². The number of amides is 2. The van der Waals surface area contributed by atoms with Crippen LogP contribution in [0.5, 0.6) is 0 Å². The van der Waals surface area contributed by atoms with E-state index in [9.17, 15) is 9.59 Å². The molecule has 94 valence electrons. The van der Waals surface area contributed by atoms with Crippen molar-refractivity contribution >= 4 is 23.2 Å². The van der Waals surface area contributed by atoms with Gasteiger partial charge < -0.3 is 10.2 Å². The van der Waals surface area contributed by atoms with Crippen molar-refractivity contribution in [1.82, 2.24) is 0 Å². The van der Waals surface area contributed by atoms with Crippen LogP contribution < -0.4 is 10.2 Å². The summed E-state index contributed by atoms with van der Waals surface area (Å²) in [7, 11) is 0. The van der Waals surface area contributed by atoms with Gasteiger partial charge in [0.1, 0.15) is 0 Å². The van der Waals surface area contributed by atoms with E-state index in [2.05, 4.69) is 5.32 Å². The summed E-state index contributed by atoms with van der Waals surface area (Å²) in [5, 5.41) is 2.86. The molecule has 2 amide bonds. The quantitative estimate of drug-likeness (QED) is 0.823. The molecule has 1 aromatic carbocycles. The summed E-state index contributed by atoms with van der Waals surface area (Å²) < 4.78 is 0. The highest BCUT2D eigenvalue weighted by Crippen LogP contribution is 2.37. The van der Waals surface area contributed by atoms with Crippen LogP contribution in [0.15, 0.2) is 24.3 Å². The zero-order valence-electron chi connectivity index (χ0n) is 10.3. The predicted molar refractivity (Wildman–Crippen MR) is 69.4 cm³/mol. The van der Waals surface area contributed by atoms with Crippen LogP contribution in [0.3, 0.4) is 0 Å². The first kappa shape index (κ1) is 11.3. The van der Waals surface area contributed by atoms with Gasteiger partial charge in [-0.25, -0.2) is 0 Å². The Balaban J connectivity index is 2.04. The second kappa shape index (κ2) is 4.12. The first-order valence-electron chi connectivity index (χ1n) is 6.39. The normalized spacial score (nSPS) is 23.1. The van der Waals surface area contributed by atoms with E-state index in [-0.39, 0.29) is 23.8 Å². The number of rotatable bonds is 1. The molecule has 1 atom stereocenters. The maximum atomic E-state index is 12.4. The zero-order valence-corrected chi connectivity index (χ0v) is 10.3. The molecule has 1 N–H and O–H groups in total. The van der Waals surface area contributed by atoms with Gasteiger partial charge in [0.2, 0.25) is 11.8 Å². The summed E-state index contributed by atoms with van der Waals surface area (Å²) in [4.78, 5) is 25.9. The molecule has 1 aliphatic heterocycles. The number of anilines is 2. The third-order valence-electron chi connectivity index (χ3n) is 3.52. The van der Waals surface area contributed by atoms with E-state index >= 15 is 0 Å². The number of carbonyl (C=O) groups excluding carboxylic acids is 2. The van der Waals surface area contributed by atoms with Crippen LogP contribution in [0.4, 0.5) is 11.4 Å². The van der Waals surface area contributed by atoms with Crippen LogP contribution in [0, 0.1) is 5.92 Å². The minimum atomic E-state index is -0.0817. The second-order valence-corrected chi connectivity index (χ2v) is 5.10. The van der Waals surface area contributed by atoms with Crippen LogP contribution in [-0.2, 0) is 9.59 Å². The van der Waals surface area contributed by atoms with Gasteiger partial charge in [0, 0.05) is 18.4 Å². The van der Waals surface area contributed by atoms with E-state index in [4.69, 9.17) is 0 Å². The van der Waals surface area contributed by atoms with Crippen molar-refractivity contribution in [2.24, 2.45) is 5.92 Å². The van der Waals surface area contributed by atoms with Crippen molar-refractivity contribution in [3.05, 3.63) is 24.3 Å². The SMILES string of the molecule is C[C@@H]1CC(=O)Nc2ccccc2N1C(=O)C1CC1. The molecule has 18 heavy (non-hydrogen) atoms. The predicted octanol–water partition coefficient (Wildman–Crippen LogP) is 2.16. The summed E-state index contributed by atoms with van der Waals surface area (Å²) in [5.74, 6) is 0.293. The van der Waals surface area contributed by atoms with Crippen molar-refractivity contribution in [3.63, 3.8) is 0 Å². The Morgan fingerprint density at radius 3 is 2.78 bits per heavy atom. The molecule has 0 radical (unpaired) electrons. The molecule has 0 spiro atoms. The van der Waals surface area contributed by atoms with Gasteiger partial charge in [-0.15, -0.1) is 0 Å². The monoisotopic (exact) mass is 244 g/mol. The third kappa shape index (κ3) is 1.88. The Labute approximate surface area is 106 Å². The molecular weight excluding hydrogens is 228 g/mol. The Kier molecular flexibility index (Phi) is 2.58. The number of hydrogen-bond acceptors (Lipinski definition) is 2. The minimum Gasteiger partial charge on any atom is -0.324 e. The van der Waals surface area contributed by atoms with E-state index in [0.717, 1.165) is 24.2 Å². The molecule has 0 saturated heterocycles. The molecule has 0 bridgehead atoms. The lowest BCUT2D eigenvalue weighted by atomic mass is 10.1. The highest BCUT2D eigenvalue weighted by molar-refractivity contribution is 6.05. The lowest BCUT2D eigenvalue weighted by Gasteiger charge is -2.27. The second-order valence-electron chi connectivity index (χ2n) is 5.10. The highest BCUT2D eigenvalue weighted by atomic mass is 16.2. The zero-order chi connectivity index (χ0) is 12.7. The van der Waals surface area contributed by atoms with Crippen molar-refractivity contribution in [3.8, 4) is 0 Å². The largest absolute Gasteiger partial charge is 0.324 e. The fourth-order valence-corrected chi connectivity index (χ4v) is 2.45. The van der Waals surface area contributed by atoms with Crippen molar-refractivity contribution in [2.45, 2.75) is 32.2 Å². The summed E-state index contributed by atoms with van der Waals surface area (Å²) in [5.41, 5.74) is 1.56. The van der Waals surface area contributed by atoms with Gasteiger partial charge in [0.15, 0.2) is 0 Å². The van der Waals surface area contributed by atoms with E-state index in [1.807, 2.05) is 31.2 Å². The molecule has 2 aliphatic rings. The average Bonchev–Trinajstić information content (AvgIpc) is 3.14. The molecule has 1 saturated carbocycles. The smallest absolute Gasteiger partial charge is 0.230 e. The van der Waals surface area contributed by atoms with Gasteiger partial charge in [-0.3, -0.25) is 9.59 Å². The summed E-state index contributed by atoms with van der Waals surface area (Å²) in [6, 6.07) is 7.43. The van der Waals surface area contributed by atoms with Crippen LogP contribution in [0.2, 0.25) is 0 Å². The topological polar surface area (TPSA) is 49.4 Å². The fourth-order valence-electron chi connectivity index (χ4n) is 2.45. The van der Waals surface area contributed by atoms with Crippen LogP contribution in [0.1, 0.15) is 26.2 Å². The number of hydrogen-bond donors (Lipinski definition) is 1. The number of benzene rings is 1. The molecule has 1 fully saturated rings. The van der Waals surface area contributed by atoms with E-state index in [1.54, 1.807) is 4.90 Å². The Bertz CT molecular complexity index is 508. The van der Waals surface area contributed by atoms with Crippen molar-refractivity contribution < 1.29 is 9.59 Å². The van der Waals surface area contributed by atoms with E-state index in [0.29, 0.717) is 6.42 Å². The molecule has 1 aliphatic carbocycles. The Hall–Kier alpha value is -1.84. The Morgan fingerprint density at radius 1 is 1.33 bits per heavy atom. The van der Waals surface area contributed by atoms with Gasteiger partial charge >= 0.3 is 0 Å². The van der Waals surface area contributed by atoms with Crippen molar-refractivity contribution in [1.29, 1.82) is 0 Å². The van der Waals surface area contributed by atoms with Crippen LogP contribution in [0.25, 0.3) is 0 Å². The van der Waals surface area contributed by atoms with Crippen LogP contribution in [-0.4, -0.2) is 17.9 Å². The molecule has 4 heteroatoms. The van der Waals surface area contributed by atoms with Gasteiger partial charge in [-0.1, -0.05) is 12.1 Å². The lowest BCUT2D eigenvalue weighted by Crippen LogP contribution is -2.40. The summed E-state index contributed by atoms with van der Waals surface area (Å²) >= 11 is 0. The maximum Gasteiger partial charge on any atom is 0.230 e. The Morgan fingerprint density at radius 2 is 2.06 bits per heavy atom. The minimum absolute atomic E-state index is 0.0268. The molecule has 0 unspecified atom stereocenters. The summed E-state index contributed by atoms with van der Waals surface area (Å²) in [6.45, 7) is 1.93. The van der Waals surface area contributed by atoms with Crippen molar-refractivity contribution in [2.75, 3.05) is 10.2 Å². The standard InChI is InChI=1S/C14H16N2O2/c1-9-8-13(17)15-11-4-2-3-5-12(11)16(9)14(18)10-6-7-10/h2-5,9-10H,6-8H2,1H3,(H,15,17)/t9-/m1/s1. The molecule has 3 rings (SSSR count). The average molecular weight is 244 g/mol.